The van der Waals surface area contributed by atoms with Gasteiger partial charge in [0.1, 0.15) is 0 Å². The van der Waals surface area contributed by atoms with Crippen molar-refractivity contribution in [3.05, 3.63) is 0 Å². The average Bonchev–Trinajstić information content (AvgIpc) is 2.20. The zero-order chi connectivity index (χ0) is 11.6. The molecule has 2 unspecified atom stereocenters. The molecule has 2 saturated heterocycles. The van der Waals surface area contributed by atoms with E-state index in [1.807, 2.05) is 0 Å². The SMILES string of the molecule is CC1(C)CC(NC2CCCNC2=O)CCO1. The van der Waals surface area contributed by atoms with Crippen LogP contribution in [0.3, 0.4) is 0 Å². The molecule has 16 heavy (non-hydrogen) atoms. The first kappa shape index (κ1) is 11.9. The van der Waals surface area contributed by atoms with Crippen molar-refractivity contribution >= 4 is 5.91 Å². The minimum absolute atomic E-state index is 0.00708. The van der Waals surface area contributed by atoms with E-state index in [2.05, 4.69) is 24.5 Å². The summed E-state index contributed by atoms with van der Waals surface area (Å²) >= 11 is 0. The van der Waals surface area contributed by atoms with Crippen LogP contribution < -0.4 is 10.6 Å². The lowest BCUT2D eigenvalue weighted by atomic mass is 9.92. The third kappa shape index (κ3) is 2.95. The summed E-state index contributed by atoms with van der Waals surface area (Å²) < 4.78 is 5.67. The summed E-state index contributed by atoms with van der Waals surface area (Å²) in [7, 11) is 0. The molecule has 0 aliphatic carbocycles. The zero-order valence-electron chi connectivity index (χ0n) is 10.2. The number of hydrogen-bond acceptors (Lipinski definition) is 3. The van der Waals surface area contributed by atoms with Gasteiger partial charge >= 0.3 is 0 Å². The molecule has 0 radical (unpaired) electrons. The van der Waals surface area contributed by atoms with Crippen molar-refractivity contribution in [2.24, 2.45) is 0 Å². The maximum atomic E-state index is 11.6. The minimum Gasteiger partial charge on any atom is -0.375 e. The average molecular weight is 226 g/mol. The Hall–Kier alpha value is -0.610. The second-order valence-corrected chi connectivity index (χ2v) is 5.45. The van der Waals surface area contributed by atoms with Gasteiger partial charge in [-0.3, -0.25) is 4.79 Å². The maximum absolute atomic E-state index is 11.6. The Bertz CT molecular complexity index is 266. The second kappa shape index (κ2) is 4.72. The molecule has 0 aromatic carbocycles. The molecule has 4 nitrogen and oxygen atoms in total. The summed E-state index contributed by atoms with van der Waals surface area (Å²) in [6.45, 7) is 5.85. The van der Waals surface area contributed by atoms with E-state index in [0.29, 0.717) is 6.04 Å². The molecule has 4 heteroatoms. The Morgan fingerprint density at radius 3 is 2.94 bits per heavy atom. The van der Waals surface area contributed by atoms with Gasteiger partial charge in [-0.25, -0.2) is 0 Å². The molecule has 92 valence electrons. The van der Waals surface area contributed by atoms with Crippen LogP contribution in [-0.2, 0) is 9.53 Å². The van der Waals surface area contributed by atoms with Gasteiger partial charge in [-0.1, -0.05) is 0 Å². The van der Waals surface area contributed by atoms with Crippen LogP contribution in [0.15, 0.2) is 0 Å². The molecule has 2 aliphatic rings. The number of piperidine rings is 1. The lowest BCUT2D eigenvalue weighted by molar-refractivity contribution is -0.125. The fraction of sp³-hybridized carbons (Fsp3) is 0.917. The molecule has 0 aromatic heterocycles. The largest absolute Gasteiger partial charge is 0.375 e. The first-order valence-electron chi connectivity index (χ1n) is 6.24. The number of hydrogen-bond donors (Lipinski definition) is 2. The van der Waals surface area contributed by atoms with Crippen molar-refractivity contribution in [1.82, 2.24) is 10.6 Å². The Balaban J connectivity index is 1.86. The summed E-state index contributed by atoms with van der Waals surface area (Å²) in [4.78, 5) is 11.6. The number of carbonyl (C=O) groups is 1. The number of carbonyl (C=O) groups excluding carboxylic acids is 1. The predicted molar refractivity (Wildman–Crippen MR) is 62.2 cm³/mol. The number of rotatable bonds is 2. The molecule has 2 fully saturated rings. The first-order chi connectivity index (χ1) is 7.57. The van der Waals surface area contributed by atoms with E-state index in [-0.39, 0.29) is 17.6 Å². The van der Waals surface area contributed by atoms with Crippen molar-refractivity contribution in [2.45, 2.75) is 57.2 Å². The molecule has 0 saturated carbocycles. The van der Waals surface area contributed by atoms with Crippen molar-refractivity contribution in [3.8, 4) is 0 Å². The van der Waals surface area contributed by atoms with Crippen molar-refractivity contribution in [2.75, 3.05) is 13.2 Å². The van der Waals surface area contributed by atoms with Crippen LogP contribution in [0.25, 0.3) is 0 Å². The number of amides is 1. The van der Waals surface area contributed by atoms with Gasteiger partial charge in [0, 0.05) is 19.2 Å². The Kier molecular flexibility index (Phi) is 3.50. The van der Waals surface area contributed by atoms with Gasteiger partial charge in [0.05, 0.1) is 11.6 Å². The van der Waals surface area contributed by atoms with Crippen LogP contribution in [0.5, 0.6) is 0 Å². The van der Waals surface area contributed by atoms with Crippen molar-refractivity contribution in [3.63, 3.8) is 0 Å². The summed E-state index contributed by atoms with van der Waals surface area (Å²) in [6, 6.07) is 0.422. The summed E-state index contributed by atoms with van der Waals surface area (Å²) in [5.41, 5.74) is -0.0545. The second-order valence-electron chi connectivity index (χ2n) is 5.45. The number of nitrogens with one attached hydrogen (secondary N) is 2. The predicted octanol–water partition coefficient (Wildman–Crippen LogP) is 0.812. The van der Waals surface area contributed by atoms with Crippen molar-refractivity contribution < 1.29 is 9.53 Å². The third-order valence-corrected chi connectivity index (χ3v) is 3.42. The topological polar surface area (TPSA) is 50.4 Å². The molecule has 2 atom stereocenters. The van der Waals surface area contributed by atoms with Gasteiger partial charge in [-0.15, -0.1) is 0 Å². The summed E-state index contributed by atoms with van der Waals surface area (Å²) in [6.07, 6.45) is 4.03. The standard InChI is InChI=1S/C12H22N2O2/c1-12(2)8-9(5-7-16-12)14-10-4-3-6-13-11(10)15/h9-10,14H,3-8H2,1-2H3,(H,13,15). The molecule has 1 amide bonds. The highest BCUT2D eigenvalue weighted by Gasteiger charge is 2.32. The first-order valence-corrected chi connectivity index (χ1v) is 6.24. The van der Waals surface area contributed by atoms with Crippen molar-refractivity contribution in [1.29, 1.82) is 0 Å². The fourth-order valence-electron chi connectivity index (χ4n) is 2.59. The van der Waals surface area contributed by atoms with Gasteiger partial charge in [-0.05, 0) is 39.5 Å². The smallest absolute Gasteiger partial charge is 0.237 e. The van der Waals surface area contributed by atoms with Gasteiger partial charge in [0.15, 0.2) is 0 Å². The maximum Gasteiger partial charge on any atom is 0.237 e. The number of ether oxygens (including phenoxy) is 1. The zero-order valence-corrected chi connectivity index (χ0v) is 10.2. The molecule has 2 aliphatic heterocycles. The molecule has 2 heterocycles. The molecule has 2 rings (SSSR count). The van der Waals surface area contributed by atoms with E-state index >= 15 is 0 Å². The monoisotopic (exact) mass is 226 g/mol. The van der Waals surface area contributed by atoms with E-state index in [1.165, 1.54) is 0 Å². The minimum atomic E-state index is -0.0545. The summed E-state index contributed by atoms with van der Waals surface area (Å²) in [5.74, 6) is 0.163. The van der Waals surface area contributed by atoms with Gasteiger partial charge < -0.3 is 15.4 Å². The molecule has 0 spiro atoms. The molecular formula is C12H22N2O2. The Labute approximate surface area is 97.1 Å². The highest BCUT2D eigenvalue weighted by Crippen LogP contribution is 2.24. The third-order valence-electron chi connectivity index (χ3n) is 3.42. The van der Waals surface area contributed by atoms with E-state index in [0.717, 1.165) is 38.8 Å². The van der Waals surface area contributed by atoms with Crippen LogP contribution >= 0.6 is 0 Å². The van der Waals surface area contributed by atoms with Crippen LogP contribution in [0.2, 0.25) is 0 Å². The fourth-order valence-corrected chi connectivity index (χ4v) is 2.59. The van der Waals surface area contributed by atoms with Gasteiger partial charge in [-0.2, -0.15) is 0 Å². The van der Waals surface area contributed by atoms with Gasteiger partial charge in [0.25, 0.3) is 0 Å². The molecule has 0 bridgehead atoms. The van der Waals surface area contributed by atoms with Crippen LogP contribution in [-0.4, -0.2) is 36.7 Å². The highest BCUT2D eigenvalue weighted by molar-refractivity contribution is 5.82. The Morgan fingerprint density at radius 2 is 2.25 bits per heavy atom. The quantitative estimate of drug-likeness (QED) is 0.732. The summed E-state index contributed by atoms with van der Waals surface area (Å²) in [5, 5.41) is 6.38. The van der Waals surface area contributed by atoms with Gasteiger partial charge in [0.2, 0.25) is 5.91 Å². The van der Waals surface area contributed by atoms with Crippen LogP contribution in [0.4, 0.5) is 0 Å². The van der Waals surface area contributed by atoms with E-state index in [1.54, 1.807) is 0 Å². The molecule has 0 aromatic rings. The lowest BCUT2D eigenvalue weighted by Crippen LogP contribution is -2.54. The Morgan fingerprint density at radius 1 is 1.44 bits per heavy atom. The van der Waals surface area contributed by atoms with E-state index in [9.17, 15) is 4.79 Å². The highest BCUT2D eigenvalue weighted by atomic mass is 16.5. The molecular weight excluding hydrogens is 204 g/mol. The molecule has 2 N–H and O–H groups in total. The van der Waals surface area contributed by atoms with E-state index in [4.69, 9.17) is 4.74 Å². The van der Waals surface area contributed by atoms with Crippen LogP contribution in [0, 0.1) is 0 Å². The van der Waals surface area contributed by atoms with Crippen LogP contribution in [0.1, 0.15) is 39.5 Å². The lowest BCUT2D eigenvalue weighted by Gasteiger charge is -2.38. The normalized spacial score (nSPS) is 34.5. The van der Waals surface area contributed by atoms with E-state index < -0.39 is 0 Å².